The van der Waals surface area contributed by atoms with E-state index in [1.165, 1.54) is 25.7 Å². The van der Waals surface area contributed by atoms with Gasteiger partial charge in [0.05, 0.1) is 27.2 Å². The number of anilines is 1. The van der Waals surface area contributed by atoms with Gasteiger partial charge in [-0.3, -0.25) is 9.78 Å². The number of nitrogens with zero attached hydrogens (tertiary/aromatic N) is 3. The lowest BCUT2D eigenvalue weighted by Crippen LogP contribution is -2.11. The molecule has 158 valence electrons. The fourth-order valence-corrected chi connectivity index (χ4v) is 4.51. The number of aromatic nitrogens is 3. The summed E-state index contributed by atoms with van der Waals surface area (Å²) in [6.45, 7) is 0. The monoisotopic (exact) mass is 438 g/mol. The first kappa shape index (κ1) is 19.3. The van der Waals surface area contributed by atoms with Gasteiger partial charge in [-0.2, -0.15) is 0 Å². The number of hydrogen-bond acceptors (Lipinski definition) is 4. The Hall–Kier alpha value is -3.38. The fourth-order valence-electron chi connectivity index (χ4n) is 4.16. The summed E-state index contributed by atoms with van der Waals surface area (Å²) in [5.74, 6) is 2.30. The van der Waals surface area contributed by atoms with Crippen molar-refractivity contribution in [2.45, 2.75) is 31.6 Å². The molecule has 0 spiro atoms. The molecule has 6 heteroatoms. The molecule has 0 aliphatic heterocycles. The maximum Gasteiger partial charge on any atom is 0.189 e. The summed E-state index contributed by atoms with van der Waals surface area (Å²) in [4.78, 5) is 21.7. The molecule has 0 unspecified atom stereocenters. The number of nitrogens with one attached hydrogen (secondary N) is 1. The molecule has 7 rings (SSSR count). The highest BCUT2D eigenvalue weighted by Crippen LogP contribution is 2.40. The zero-order valence-corrected chi connectivity index (χ0v) is 18.3. The molecule has 2 saturated carbocycles. The van der Waals surface area contributed by atoms with Crippen molar-refractivity contribution in [2.24, 2.45) is 5.92 Å². The molecule has 2 fully saturated rings. The Morgan fingerprint density at radius 1 is 1.00 bits per heavy atom. The van der Waals surface area contributed by atoms with Crippen LogP contribution in [0, 0.1) is 5.92 Å². The van der Waals surface area contributed by atoms with Crippen LogP contribution in [-0.2, 0) is 0 Å². The van der Waals surface area contributed by atoms with Crippen molar-refractivity contribution in [3.05, 3.63) is 83.0 Å². The number of para-hydroxylation sites is 2. The quantitative estimate of drug-likeness (QED) is 0.375. The topological polar surface area (TPSA) is 59.3 Å². The minimum absolute atomic E-state index is 0.0837. The number of hydrogen-bond donors (Lipinski definition) is 1. The Morgan fingerprint density at radius 2 is 1.81 bits per heavy atom. The summed E-state index contributed by atoms with van der Waals surface area (Å²) < 4.78 is 2.09. The summed E-state index contributed by atoms with van der Waals surface area (Å²) in [7, 11) is 0. The third kappa shape index (κ3) is 3.50. The van der Waals surface area contributed by atoms with Gasteiger partial charge in [-0.05, 0) is 49.9 Å². The van der Waals surface area contributed by atoms with E-state index < -0.39 is 0 Å². The number of thiocarbonyl (C=S) groups is 1. The van der Waals surface area contributed by atoms with Crippen molar-refractivity contribution in [2.75, 3.05) is 5.32 Å². The molecule has 0 amide bonds. The van der Waals surface area contributed by atoms with E-state index >= 15 is 0 Å². The highest BCUT2D eigenvalue weighted by molar-refractivity contribution is 7.80. The van der Waals surface area contributed by atoms with Crippen LogP contribution in [-0.4, -0.2) is 19.4 Å². The van der Waals surface area contributed by atoms with Crippen LogP contribution in [0.2, 0.25) is 0 Å². The smallest absolute Gasteiger partial charge is 0.189 e. The van der Waals surface area contributed by atoms with Gasteiger partial charge in [0, 0.05) is 41.1 Å². The molecular weight excluding hydrogens is 416 g/mol. The summed E-state index contributed by atoms with van der Waals surface area (Å²) in [5.41, 5.74) is 4.03. The minimum atomic E-state index is 0.0837. The molecule has 0 radical (unpaired) electrons. The maximum absolute atomic E-state index is 11.7. The van der Waals surface area contributed by atoms with Crippen molar-refractivity contribution in [3.8, 4) is 0 Å². The molecule has 32 heavy (non-hydrogen) atoms. The van der Waals surface area contributed by atoms with Crippen LogP contribution in [0.25, 0.3) is 27.3 Å². The summed E-state index contributed by atoms with van der Waals surface area (Å²) in [5, 5.41) is 5.24. The van der Waals surface area contributed by atoms with Gasteiger partial charge in [0.2, 0.25) is 0 Å². The van der Waals surface area contributed by atoms with Crippen molar-refractivity contribution in [3.63, 3.8) is 0 Å². The van der Waals surface area contributed by atoms with Gasteiger partial charge in [-0.15, -0.1) is 0 Å². The van der Waals surface area contributed by atoms with Crippen LogP contribution in [0.5, 0.6) is 0 Å². The van der Waals surface area contributed by atoms with Crippen molar-refractivity contribution in [1.82, 2.24) is 14.4 Å². The van der Waals surface area contributed by atoms with E-state index in [-0.39, 0.29) is 5.43 Å². The predicted molar refractivity (Wildman–Crippen MR) is 133 cm³/mol. The fraction of sp³-hybridized carbons (Fsp3) is 0.231. The highest BCUT2D eigenvalue weighted by Gasteiger charge is 2.29. The Bertz CT molecular complexity index is 1510. The molecule has 2 aliphatic carbocycles. The second-order valence-electron chi connectivity index (χ2n) is 8.61. The molecule has 2 aromatic carbocycles. The minimum Gasteiger partial charge on any atom is -0.348 e. The maximum atomic E-state index is 11.7. The number of benzene rings is 2. The second kappa shape index (κ2) is 7.64. The van der Waals surface area contributed by atoms with E-state index in [9.17, 15) is 4.79 Å². The van der Waals surface area contributed by atoms with E-state index in [0.717, 1.165) is 43.8 Å². The lowest BCUT2D eigenvalue weighted by molar-refractivity contribution is 0.925. The molecule has 1 N–H and O–H groups in total. The van der Waals surface area contributed by atoms with Crippen LogP contribution in [0.4, 0.5) is 5.69 Å². The second-order valence-corrected chi connectivity index (χ2v) is 9.05. The van der Waals surface area contributed by atoms with Crippen molar-refractivity contribution in [1.29, 1.82) is 0 Å². The molecule has 0 bridgehead atoms. The molecule has 0 saturated heterocycles. The van der Waals surface area contributed by atoms with Crippen LogP contribution in [0.15, 0.2) is 71.8 Å². The molecule has 2 aliphatic rings. The number of pyridine rings is 2. The van der Waals surface area contributed by atoms with E-state index in [4.69, 9.17) is 12.2 Å². The molecule has 3 heterocycles. The normalized spacial score (nSPS) is 15.6. The van der Waals surface area contributed by atoms with Gasteiger partial charge >= 0.3 is 0 Å². The SMILES string of the molecule is O=c1ccn2c(C3CC3)nc3cccc1c32.S=C(Nc1cccc2cccnc12)C1CC1. The van der Waals surface area contributed by atoms with Crippen LogP contribution in [0.3, 0.4) is 0 Å². The first-order valence-electron chi connectivity index (χ1n) is 11.1. The summed E-state index contributed by atoms with van der Waals surface area (Å²) >= 11 is 5.35. The number of imidazole rings is 1. The van der Waals surface area contributed by atoms with E-state index in [1.54, 1.807) is 6.07 Å². The van der Waals surface area contributed by atoms with Gasteiger partial charge < -0.3 is 9.72 Å². The average Bonchev–Trinajstić information content (AvgIpc) is 3.74. The zero-order valence-electron chi connectivity index (χ0n) is 17.5. The van der Waals surface area contributed by atoms with E-state index in [2.05, 4.69) is 31.8 Å². The van der Waals surface area contributed by atoms with Gasteiger partial charge in [-0.1, -0.05) is 36.5 Å². The molecule has 3 aromatic heterocycles. The lowest BCUT2D eigenvalue weighted by atomic mass is 10.2. The zero-order chi connectivity index (χ0) is 21.7. The Morgan fingerprint density at radius 3 is 2.62 bits per heavy atom. The van der Waals surface area contributed by atoms with Crippen molar-refractivity contribution >= 4 is 50.2 Å². The summed E-state index contributed by atoms with van der Waals surface area (Å²) in [6.07, 6.45) is 8.57. The van der Waals surface area contributed by atoms with E-state index in [0.29, 0.717) is 11.8 Å². The Kier molecular flexibility index (Phi) is 4.61. The number of fused-ring (bicyclic) bond motifs is 1. The third-order valence-corrected chi connectivity index (χ3v) is 6.59. The predicted octanol–water partition coefficient (Wildman–Crippen LogP) is 5.55. The van der Waals surface area contributed by atoms with Gasteiger partial charge in [0.15, 0.2) is 5.43 Å². The van der Waals surface area contributed by atoms with Gasteiger partial charge in [-0.25, -0.2) is 4.98 Å². The first-order chi connectivity index (χ1) is 15.7. The molecule has 0 atom stereocenters. The molecule has 5 nitrogen and oxygen atoms in total. The number of rotatable bonds is 3. The summed E-state index contributed by atoms with van der Waals surface area (Å²) in [6, 6.07) is 17.5. The van der Waals surface area contributed by atoms with Crippen molar-refractivity contribution < 1.29 is 0 Å². The third-order valence-electron chi connectivity index (χ3n) is 6.16. The van der Waals surface area contributed by atoms with Crippen LogP contribution < -0.4 is 10.7 Å². The van der Waals surface area contributed by atoms with E-state index in [1.807, 2.05) is 48.8 Å². The highest BCUT2D eigenvalue weighted by atomic mass is 32.1. The largest absolute Gasteiger partial charge is 0.348 e. The molecular formula is C26H22N4OS. The average molecular weight is 439 g/mol. The standard InChI is InChI=1S/C13H10N2O.C13H12N2S/c16-11-6-7-15-12-9(11)2-1-3-10(12)14-13(15)8-4-5-8;16-13(10-6-7-10)15-11-5-1-3-9-4-2-8-14-12(9)11/h1-3,6-8H,4-5H2;1-5,8,10H,6-7H2,(H,15,16). The Balaban J connectivity index is 0.000000122. The van der Waals surface area contributed by atoms with Gasteiger partial charge in [0.25, 0.3) is 0 Å². The van der Waals surface area contributed by atoms with Crippen LogP contribution >= 0.6 is 12.2 Å². The molecule has 5 aromatic rings. The van der Waals surface area contributed by atoms with Gasteiger partial charge in [0.1, 0.15) is 5.82 Å². The lowest BCUT2D eigenvalue weighted by Gasteiger charge is -2.08. The Labute approximate surface area is 190 Å². The van der Waals surface area contributed by atoms with Crippen LogP contribution in [0.1, 0.15) is 37.4 Å². The first-order valence-corrected chi connectivity index (χ1v) is 11.5.